The van der Waals surface area contributed by atoms with E-state index < -0.39 is 0 Å². The summed E-state index contributed by atoms with van der Waals surface area (Å²) in [5.74, 6) is 0.279. The molecule has 0 saturated heterocycles. The van der Waals surface area contributed by atoms with Crippen LogP contribution in [0.4, 0.5) is 0 Å². The van der Waals surface area contributed by atoms with Crippen LogP contribution in [-0.4, -0.2) is 23.9 Å². The highest BCUT2D eigenvalue weighted by Gasteiger charge is 2.01. The molecule has 0 saturated carbocycles. The Balaban J connectivity index is 2.73. The molecule has 3 nitrogen and oxygen atoms in total. The molecule has 14 heavy (non-hydrogen) atoms. The highest BCUT2D eigenvalue weighted by molar-refractivity contribution is 6.00. The van der Waals surface area contributed by atoms with Gasteiger partial charge in [-0.15, -0.1) is 0 Å². The van der Waals surface area contributed by atoms with E-state index in [-0.39, 0.29) is 5.75 Å². The predicted octanol–water partition coefficient (Wildman–Crippen LogP) is 1.55. The Morgan fingerprint density at radius 1 is 1.43 bits per heavy atom. The van der Waals surface area contributed by atoms with Gasteiger partial charge in [0.25, 0.3) is 0 Å². The molecule has 3 heteroatoms. The van der Waals surface area contributed by atoms with Crippen LogP contribution in [0.2, 0.25) is 0 Å². The second kappa shape index (κ2) is 5.40. The molecule has 1 rings (SSSR count). The van der Waals surface area contributed by atoms with Crippen molar-refractivity contribution < 1.29 is 5.11 Å². The molecule has 0 spiro atoms. The first-order valence-electron chi connectivity index (χ1n) is 4.75. The van der Waals surface area contributed by atoms with Crippen molar-refractivity contribution in [1.82, 2.24) is 0 Å². The van der Waals surface area contributed by atoms with Gasteiger partial charge in [-0.3, -0.25) is 4.99 Å². The third kappa shape index (κ3) is 2.85. The molecule has 0 unspecified atom stereocenters. The van der Waals surface area contributed by atoms with Gasteiger partial charge >= 0.3 is 0 Å². The summed E-state index contributed by atoms with van der Waals surface area (Å²) in [5, 5.41) is 9.53. The minimum atomic E-state index is 0.279. The molecule has 0 fully saturated rings. The Kier molecular flexibility index (Phi) is 4.13. The van der Waals surface area contributed by atoms with Gasteiger partial charge in [-0.1, -0.05) is 12.1 Å². The number of para-hydroxylation sites is 1. The fourth-order valence-corrected chi connectivity index (χ4v) is 1.20. The summed E-state index contributed by atoms with van der Waals surface area (Å²) in [6.07, 6.45) is 0.880. The second-order valence-electron chi connectivity index (χ2n) is 3.13. The van der Waals surface area contributed by atoms with E-state index in [1.54, 1.807) is 12.1 Å². The van der Waals surface area contributed by atoms with Gasteiger partial charge < -0.3 is 10.8 Å². The van der Waals surface area contributed by atoms with E-state index in [4.69, 9.17) is 5.73 Å². The number of nitrogens with two attached hydrogens (primary N) is 1. The Bertz CT molecular complexity index is 321. The van der Waals surface area contributed by atoms with Gasteiger partial charge in [0.1, 0.15) is 5.75 Å². The van der Waals surface area contributed by atoms with Crippen LogP contribution in [0.15, 0.2) is 29.3 Å². The zero-order valence-corrected chi connectivity index (χ0v) is 8.40. The van der Waals surface area contributed by atoms with Crippen molar-refractivity contribution in [2.75, 3.05) is 13.1 Å². The maximum absolute atomic E-state index is 9.53. The minimum absolute atomic E-state index is 0.279. The van der Waals surface area contributed by atoms with E-state index in [0.29, 0.717) is 6.54 Å². The van der Waals surface area contributed by atoms with E-state index in [1.807, 2.05) is 19.1 Å². The van der Waals surface area contributed by atoms with Crippen LogP contribution >= 0.6 is 0 Å². The number of benzene rings is 1. The van der Waals surface area contributed by atoms with Crippen LogP contribution in [0, 0.1) is 0 Å². The number of phenolic OH excluding ortho intramolecular Hbond substituents is 1. The lowest BCUT2D eigenvalue weighted by Crippen LogP contribution is -2.02. The maximum Gasteiger partial charge on any atom is 0.124 e. The van der Waals surface area contributed by atoms with Crippen molar-refractivity contribution in [2.24, 2.45) is 10.7 Å². The normalized spacial score (nSPS) is 11.7. The Morgan fingerprint density at radius 3 is 2.79 bits per heavy atom. The average Bonchev–Trinajstić information content (AvgIpc) is 2.18. The fraction of sp³-hybridized carbons (Fsp3) is 0.364. The lowest BCUT2D eigenvalue weighted by molar-refractivity contribution is 0.474. The number of aromatic hydroxyl groups is 1. The SMILES string of the molecule is CC(=NCCCN)c1ccccc1O. The number of phenols is 1. The number of hydrogen-bond acceptors (Lipinski definition) is 3. The zero-order chi connectivity index (χ0) is 10.4. The van der Waals surface area contributed by atoms with Gasteiger partial charge in [0.05, 0.1) is 0 Å². The Labute approximate surface area is 84.3 Å². The smallest absolute Gasteiger partial charge is 0.124 e. The predicted molar refractivity (Wildman–Crippen MR) is 58.9 cm³/mol. The lowest BCUT2D eigenvalue weighted by Gasteiger charge is -2.03. The van der Waals surface area contributed by atoms with Crippen LogP contribution in [0.3, 0.4) is 0 Å². The first-order chi connectivity index (χ1) is 6.75. The molecule has 0 aliphatic rings. The summed E-state index contributed by atoms with van der Waals surface area (Å²) >= 11 is 0. The van der Waals surface area contributed by atoms with Crippen molar-refractivity contribution in [3.05, 3.63) is 29.8 Å². The van der Waals surface area contributed by atoms with Gasteiger partial charge in [-0.05, 0) is 32.0 Å². The number of hydrogen-bond donors (Lipinski definition) is 2. The van der Waals surface area contributed by atoms with E-state index in [2.05, 4.69) is 4.99 Å². The molecule has 0 amide bonds. The van der Waals surface area contributed by atoms with Crippen LogP contribution in [0.25, 0.3) is 0 Å². The largest absolute Gasteiger partial charge is 0.507 e. The summed E-state index contributed by atoms with van der Waals surface area (Å²) in [5.41, 5.74) is 7.02. The zero-order valence-electron chi connectivity index (χ0n) is 8.40. The maximum atomic E-state index is 9.53. The van der Waals surface area contributed by atoms with Gasteiger partial charge in [0.15, 0.2) is 0 Å². The van der Waals surface area contributed by atoms with Gasteiger partial charge in [-0.2, -0.15) is 0 Å². The van der Waals surface area contributed by atoms with Crippen molar-refractivity contribution in [3.8, 4) is 5.75 Å². The van der Waals surface area contributed by atoms with Crippen LogP contribution in [-0.2, 0) is 0 Å². The Hall–Kier alpha value is -1.35. The fourth-order valence-electron chi connectivity index (χ4n) is 1.20. The van der Waals surface area contributed by atoms with E-state index in [0.717, 1.165) is 24.2 Å². The van der Waals surface area contributed by atoms with Gasteiger partial charge in [-0.25, -0.2) is 0 Å². The van der Waals surface area contributed by atoms with Crippen LogP contribution in [0.5, 0.6) is 5.75 Å². The first kappa shape index (κ1) is 10.7. The quantitative estimate of drug-likeness (QED) is 0.561. The molecule has 1 aromatic rings. The molecule has 3 N–H and O–H groups in total. The number of rotatable bonds is 4. The molecule has 0 radical (unpaired) electrons. The molecule has 0 aromatic heterocycles. The van der Waals surface area contributed by atoms with Crippen LogP contribution < -0.4 is 5.73 Å². The second-order valence-corrected chi connectivity index (χ2v) is 3.13. The molecular weight excluding hydrogens is 176 g/mol. The topological polar surface area (TPSA) is 58.6 Å². The summed E-state index contributed by atoms with van der Waals surface area (Å²) in [6.45, 7) is 3.26. The first-order valence-corrected chi connectivity index (χ1v) is 4.75. The van der Waals surface area contributed by atoms with Gasteiger partial charge in [0, 0.05) is 17.8 Å². The van der Waals surface area contributed by atoms with Crippen molar-refractivity contribution in [3.63, 3.8) is 0 Å². The standard InChI is InChI=1S/C11H16N2O/c1-9(13-8-4-7-12)10-5-2-3-6-11(10)14/h2-3,5-6,14H,4,7-8,12H2,1H3. The highest BCUT2D eigenvalue weighted by atomic mass is 16.3. The summed E-state index contributed by atoms with van der Waals surface area (Å²) in [4.78, 5) is 4.32. The summed E-state index contributed by atoms with van der Waals surface area (Å²) in [7, 11) is 0. The van der Waals surface area contributed by atoms with Gasteiger partial charge in [0.2, 0.25) is 0 Å². The molecule has 0 aliphatic heterocycles. The van der Waals surface area contributed by atoms with Crippen molar-refractivity contribution in [2.45, 2.75) is 13.3 Å². The average molecular weight is 192 g/mol. The number of nitrogens with zero attached hydrogens (tertiary/aromatic N) is 1. The van der Waals surface area contributed by atoms with E-state index >= 15 is 0 Å². The van der Waals surface area contributed by atoms with Crippen molar-refractivity contribution >= 4 is 5.71 Å². The number of aliphatic imine (C=N–C) groups is 1. The summed E-state index contributed by atoms with van der Waals surface area (Å²) in [6, 6.07) is 7.21. The van der Waals surface area contributed by atoms with E-state index in [1.165, 1.54) is 0 Å². The Morgan fingerprint density at radius 2 is 2.14 bits per heavy atom. The van der Waals surface area contributed by atoms with Crippen molar-refractivity contribution in [1.29, 1.82) is 0 Å². The molecule has 0 aliphatic carbocycles. The molecule has 0 heterocycles. The van der Waals surface area contributed by atoms with Crippen LogP contribution in [0.1, 0.15) is 18.9 Å². The monoisotopic (exact) mass is 192 g/mol. The molecule has 0 bridgehead atoms. The highest BCUT2D eigenvalue weighted by Crippen LogP contribution is 2.16. The molecule has 0 atom stereocenters. The summed E-state index contributed by atoms with van der Waals surface area (Å²) < 4.78 is 0. The minimum Gasteiger partial charge on any atom is -0.507 e. The third-order valence-electron chi connectivity index (χ3n) is 2.01. The molecule has 1 aromatic carbocycles. The molecular formula is C11H16N2O. The van der Waals surface area contributed by atoms with E-state index in [9.17, 15) is 5.11 Å². The third-order valence-corrected chi connectivity index (χ3v) is 2.01. The lowest BCUT2D eigenvalue weighted by atomic mass is 10.1. The molecule has 76 valence electrons.